The van der Waals surface area contributed by atoms with Crippen molar-refractivity contribution in [3.63, 3.8) is 0 Å². The lowest BCUT2D eigenvalue weighted by atomic mass is 9.79. The average molecular weight is 305 g/mol. The summed E-state index contributed by atoms with van der Waals surface area (Å²) in [6.45, 7) is 4.29. The molecule has 0 radical (unpaired) electrons. The van der Waals surface area contributed by atoms with Crippen molar-refractivity contribution in [2.24, 2.45) is 11.7 Å². The lowest BCUT2D eigenvalue weighted by Crippen LogP contribution is -2.62. The van der Waals surface area contributed by atoms with E-state index in [1.807, 2.05) is 0 Å². The van der Waals surface area contributed by atoms with Crippen molar-refractivity contribution in [2.75, 3.05) is 13.1 Å². The zero-order chi connectivity index (χ0) is 15.9. The number of amides is 2. The Kier molecular flexibility index (Phi) is 3.87. The molecule has 118 valence electrons. The van der Waals surface area contributed by atoms with Crippen molar-refractivity contribution >= 4 is 11.8 Å². The van der Waals surface area contributed by atoms with Crippen molar-refractivity contribution in [1.82, 2.24) is 10.2 Å². The highest BCUT2D eigenvalue weighted by Crippen LogP contribution is 2.32. The number of carbonyl (C=O) groups excluding carboxylic acids is 2. The normalized spacial score (nSPS) is 30.1. The van der Waals surface area contributed by atoms with Crippen LogP contribution in [-0.4, -0.2) is 41.9 Å². The number of benzene rings is 1. The van der Waals surface area contributed by atoms with Gasteiger partial charge in [0.1, 0.15) is 5.82 Å². The van der Waals surface area contributed by atoms with E-state index in [-0.39, 0.29) is 23.1 Å². The number of fused-ring (bicyclic) bond motifs is 3. The molecule has 0 aromatic heterocycles. The second-order valence-corrected chi connectivity index (χ2v) is 6.17. The monoisotopic (exact) mass is 305 g/mol. The van der Waals surface area contributed by atoms with Crippen LogP contribution in [0.5, 0.6) is 0 Å². The molecule has 22 heavy (non-hydrogen) atoms. The first kappa shape index (κ1) is 15.0. The van der Waals surface area contributed by atoms with Gasteiger partial charge in [-0.1, -0.05) is 0 Å². The van der Waals surface area contributed by atoms with Crippen LogP contribution in [0.3, 0.4) is 0 Å². The SMILES string of the molecule is C[C@H]1[C@H](NC(=O)c2ccc(F)c(C(N)=O)c2)C2CCN1CC2. The molecule has 0 unspecified atom stereocenters. The van der Waals surface area contributed by atoms with Crippen LogP contribution < -0.4 is 11.1 Å². The van der Waals surface area contributed by atoms with Gasteiger partial charge in [-0.2, -0.15) is 0 Å². The van der Waals surface area contributed by atoms with Gasteiger partial charge >= 0.3 is 0 Å². The van der Waals surface area contributed by atoms with Crippen LogP contribution in [0.4, 0.5) is 4.39 Å². The van der Waals surface area contributed by atoms with Gasteiger partial charge in [-0.25, -0.2) is 4.39 Å². The minimum absolute atomic E-state index is 0.0945. The minimum atomic E-state index is -0.872. The molecule has 2 atom stereocenters. The summed E-state index contributed by atoms with van der Waals surface area (Å²) in [7, 11) is 0. The Bertz CT molecular complexity index is 609. The fraction of sp³-hybridized carbons (Fsp3) is 0.500. The van der Waals surface area contributed by atoms with E-state index in [4.69, 9.17) is 5.73 Å². The van der Waals surface area contributed by atoms with Gasteiger partial charge in [0, 0.05) is 17.6 Å². The molecule has 3 heterocycles. The molecule has 0 saturated carbocycles. The van der Waals surface area contributed by atoms with E-state index in [0.29, 0.717) is 12.0 Å². The molecule has 3 aliphatic heterocycles. The Labute approximate surface area is 128 Å². The average Bonchev–Trinajstić information content (AvgIpc) is 2.51. The summed E-state index contributed by atoms with van der Waals surface area (Å²) in [5.41, 5.74) is 5.13. The van der Waals surface area contributed by atoms with Crippen LogP contribution in [0.1, 0.15) is 40.5 Å². The van der Waals surface area contributed by atoms with Crippen LogP contribution in [0.25, 0.3) is 0 Å². The minimum Gasteiger partial charge on any atom is -0.366 e. The van der Waals surface area contributed by atoms with Gasteiger partial charge in [-0.05, 0) is 57.0 Å². The summed E-state index contributed by atoms with van der Waals surface area (Å²) in [6, 6.07) is 4.10. The van der Waals surface area contributed by atoms with E-state index in [0.717, 1.165) is 32.0 Å². The quantitative estimate of drug-likeness (QED) is 0.879. The molecule has 3 fully saturated rings. The predicted molar refractivity (Wildman–Crippen MR) is 79.9 cm³/mol. The van der Waals surface area contributed by atoms with Crippen molar-refractivity contribution in [2.45, 2.75) is 31.8 Å². The number of hydrogen-bond acceptors (Lipinski definition) is 3. The summed E-state index contributed by atoms with van der Waals surface area (Å²) < 4.78 is 13.5. The van der Waals surface area contributed by atoms with Crippen molar-refractivity contribution in [3.05, 3.63) is 35.1 Å². The summed E-state index contributed by atoms with van der Waals surface area (Å²) in [4.78, 5) is 26.0. The maximum absolute atomic E-state index is 13.5. The number of hydrogen-bond donors (Lipinski definition) is 2. The molecular formula is C16H20FN3O2. The first-order valence-corrected chi connectivity index (χ1v) is 7.61. The second kappa shape index (κ2) is 5.68. The standard InChI is InChI=1S/C16H20FN3O2/c1-9-14(10-4-6-20(9)7-5-10)19-16(22)11-2-3-13(17)12(8-11)15(18)21/h2-3,8-10,14H,4-7H2,1H3,(H2,18,21)(H,19,22)/t9-,14-/m0/s1. The van der Waals surface area contributed by atoms with Crippen LogP contribution in [0, 0.1) is 11.7 Å². The summed E-state index contributed by atoms with van der Waals surface area (Å²) in [5.74, 6) is -1.38. The molecule has 1 aromatic carbocycles. The molecule has 3 N–H and O–H groups in total. The van der Waals surface area contributed by atoms with Gasteiger partial charge in [-0.3, -0.25) is 14.5 Å². The Morgan fingerprint density at radius 2 is 2.00 bits per heavy atom. The highest BCUT2D eigenvalue weighted by Gasteiger charge is 2.40. The molecule has 0 spiro atoms. The van der Waals surface area contributed by atoms with E-state index in [2.05, 4.69) is 17.1 Å². The third-order valence-electron chi connectivity index (χ3n) is 4.97. The van der Waals surface area contributed by atoms with Crippen LogP contribution in [-0.2, 0) is 0 Å². The molecule has 0 aliphatic carbocycles. The number of rotatable bonds is 3. The third kappa shape index (κ3) is 2.59. The van der Waals surface area contributed by atoms with Gasteiger partial charge in [0.25, 0.3) is 11.8 Å². The second-order valence-electron chi connectivity index (χ2n) is 6.17. The molecule has 3 aliphatic rings. The Morgan fingerprint density at radius 1 is 1.32 bits per heavy atom. The Morgan fingerprint density at radius 3 is 2.59 bits per heavy atom. The summed E-state index contributed by atoms with van der Waals surface area (Å²) >= 11 is 0. The first-order chi connectivity index (χ1) is 10.5. The first-order valence-electron chi connectivity index (χ1n) is 7.61. The highest BCUT2D eigenvalue weighted by molar-refractivity contribution is 5.99. The Hall–Kier alpha value is -1.95. The number of nitrogens with zero attached hydrogens (tertiary/aromatic N) is 1. The van der Waals surface area contributed by atoms with Crippen LogP contribution in [0.2, 0.25) is 0 Å². The summed E-state index contributed by atoms with van der Waals surface area (Å²) in [6.07, 6.45) is 2.18. The molecule has 4 rings (SSSR count). The van der Waals surface area contributed by atoms with Gasteiger partial charge in [0.05, 0.1) is 5.56 Å². The lowest BCUT2D eigenvalue weighted by molar-refractivity contribution is 0.0217. The summed E-state index contributed by atoms with van der Waals surface area (Å²) in [5, 5.41) is 3.05. The molecule has 2 amide bonds. The molecular weight excluding hydrogens is 285 g/mol. The maximum Gasteiger partial charge on any atom is 0.251 e. The maximum atomic E-state index is 13.5. The number of carbonyl (C=O) groups is 2. The molecule has 3 saturated heterocycles. The predicted octanol–water partition coefficient (Wildman–Crippen LogP) is 1.14. The van der Waals surface area contributed by atoms with Crippen LogP contribution in [0.15, 0.2) is 18.2 Å². The van der Waals surface area contributed by atoms with Gasteiger partial charge < -0.3 is 11.1 Å². The van der Waals surface area contributed by atoms with Crippen molar-refractivity contribution < 1.29 is 14.0 Å². The zero-order valence-corrected chi connectivity index (χ0v) is 12.5. The van der Waals surface area contributed by atoms with Crippen molar-refractivity contribution in [1.29, 1.82) is 0 Å². The van der Waals surface area contributed by atoms with Crippen molar-refractivity contribution in [3.8, 4) is 0 Å². The van der Waals surface area contributed by atoms with Gasteiger partial charge in [0.15, 0.2) is 0 Å². The Balaban J connectivity index is 1.77. The number of nitrogens with one attached hydrogen (secondary N) is 1. The van der Waals surface area contributed by atoms with E-state index >= 15 is 0 Å². The highest BCUT2D eigenvalue weighted by atomic mass is 19.1. The van der Waals surface area contributed by atoms with E-state index in [1.54, 1.807) is 0 Å². The zero-order valence-electron chi connectivity index (χ0n) is 12.5. The number of piperidine rings is 3. The molecule has 6 heteroatoms. The molecule has 1 aromatic rings. The van der Waals surface area contributed by atoms with E-state index in [9.17, 15) is 14.0 Å². The smallest absolute Gasteiger partial charge is 0.251 e. The van der Waals surface area contributed by atoms with E-state index < -0.39 is 11.7 Å². The third-order valence-corrected chi connectivity index (χ3v) is 4.97. The van der Waals surface area contributed by atoms with E-state index in [1.165, 1.54) is 12.1 Å². The number of nitrogens with two attached hydrogens (primary N) is 1. The molecule has 2 bridgehead atoms. The topological polar surface area (TPSA) is 75.4 Å². The molecule has 5 nitrogen and oxygen atoms in total. The van der Waals surface area contributed by atoms with Crippen LogP contribution >= 0.6 is 0 Å². The fourth-order valence-electron chi connectivity index (χ4n) is 3.64. The number of primary amides is 1. The largest absolute Gasteiger partial charge is 0.366 e. The fourth-order valence-corrected chi connectivity index (χ4v) is 3.64. The lowest BCUT2D eigenvalue weighted by Gasteiger charge is -2.49. The van der Waals surface area contributed by atoms with Gasteiger partial charge in [-0.15, -0.1) is 0 Å². The number of halogens is 1. The van der Waals surface area contributed by atoms with Gasteiger partial charge in [0.2, 0.25) is 0 Å².